The molecule has 2 heterocycles. The van der Waals surface area contributed by atoms with Gasteiger partial charge in [-0.25, -0.2) is 4.79 Å². The summed E-state index contributed by atoms with van der Waals surface area (Å²) in [4.78, 5) is 30.3. The minimum absolute atomic E-state index is 0.0479. The number of aromatic nitrogens is 2. The van der Waals surface area contributed by atoms with Gasteiger partial charge in [0.25, 0.3) is 0 Å². The molecule has 7 nitrogen and oxygen atoms in total. The maximum Gasteiger partial charge on any atom is 0.329 e. The zero-order valence-electron chi connectivity index (χ0n) is 19.3. The molecule has 1 amide bonds. The van der Waals surface area contributed by atoms with Crippen LogP contribution in [0.1, 0.15) is 25.3 Å². The quantitative estimate of drug-likeness (QED) is 0.619. The number of fused-ring (bicyclic) bond motifs is 1. The van der Waals surface area contributed by atoms with E-state index in [1.165, 1.54) is 5.69 Å². The molecular weight excluding hydrogens is 402 g/mol. The molecule has 1 saturated heterocycles. The van der Waals surface area contributed by atoms with E-state index in [0.29, 0.717) is 13.1 Å². The van der Waals surface area contributed by atoms with E-state index in [1.54, 1.807) is 9.13 Å². The van der Waals surface area contributed by atoms with Crippen molar-refractivity contribution in [2.45, 2.75) is 39.8 Å². The smallest absolute Gasteiger partial charge is 0.329 e. The van der Waals surface area contributed by atoms with Gasteiger partial charge in [0.1, 0.15) is 0 Å². The van der Waals surface area contributed by atoms with Crippen LogP contribution in [0, 0.1) is 6.92 Å². The van der Waals surface area contributed by atoms with Crippen LogP contribution in [-0.4, -0.2) is 53.2 Å². The summed E-state index contributed by atoms with van der Waals surface area (Å²) in [5, 5.41) is 3.00. The van der Waals surface area contributed by atoms with Crippen molar-refractivity contribution in [2.75, 3.05) is 43.4 Å². The Hall–Kier alpha value is -3.06. The van der Waals surface area contributed by atoms with E-state index in [2.05, 4.69) is 42.1 Å². The van der Waals surface area contributed by atoms with Crippen LogP contribution in [0.3, 0.4) is 0 Å². The van der Waals surface area contributed by atoms with Crippen molar-refractivity contribution in [3.05, 3.63) is 58.5 Å². The number of nitrogens with zero attached hydrogens (tertiary/aromatic N) is 4. The van der Waals surface area contributed by atoms with Crippen molar-refractivity contribution >= 4 is 28.3 Å². The lowest BCUT2D eigenvalue weighted by atomic mass is 10.1. The fourth-order valence-corrected chi connectivity index (χ4v) is 4.50. The van der Waals surface area contributed by atoms with E-state index in [9.17, 15) is 9.59 Å². The van der Waals surface area contributed by atoms with E-state index >= 15 is 0 Å². The normalized spacial score (nSPS) is 14.8. The molecule has 0 radical (unpaired) electrons. The fraction of sp³-hybridized carbons (Fsp3) is 0.440. The zero-order chi connectivity index (χ0) is 22.7. The van der Waals surface area contributed by atoms with Crippen molar-refractivity contribution < 1.29 is 4.79 Å². The van der Waals surface area contributed by atoms with E-state index in [-0.39, 0.29) is 18.0 Å². The Morgan fingerprint density at radius 3 is 2.25 bits per heavy atom. The molecule has 0 bridgehead atoms. The standard InChI is InChI=1S/C25H33N5O2/c1-4-12-29-22-7-5-6-8-23(22)30(25(29)32)13-11-24(31)26-20-9-10-21(19(2)18-20)28-16-14-27(3)15-17-28/h5-10,18H,4,11-17H2,1-3H3,(H,26,31). The number of carbonyl (C=O) groups excluding carboxylic acids is 1. The summed E-state index contributed by atoms with van der Waals surface area (Å²) in [6, 6.07) is 13.9. The molecule has 1 fully saturated rings. The SMILES string of the molecule is CCCn1c(=O)n(CCC(=O)Nc2ccc(N3CCN(C)CC3)c(C)c2)c2ccccc21. The molecule has 32 heavy (non-hydrogen) atoms. The average Bonchev–Trinajstić information content (AvgIpc) is 3.05. The van der Waals surface area contributed by atoms with Crippen LogP contribution in [0.15, 0.2) is 47.3 Å². The molecule has 0 atom stereocenters. The minimum atomic E-state index is -0.0871. The van der Waals surface area contributed by atoms with Gasteiger partial charge in [-0.1, -0.05) is 19.1 Å². The molecule has 4 rings (SSSR count). The van der Waals surface area contributed by atoms with E-state index in [1.807, 2.05) is 36.4 Å². The highest BCUT2D eigenvalue weighted by Gasteiger charge is 2.17. The van der Waals surface area contributed by atoms with Crippen molar-refractivity contribution in [1.82, 2.24) is 14.0 Å². The molecule has 1 aliphatic rings. The molecule has 0 saturated carbocycles. The first kappa shape index (κ1) is 22.1. The number of piperazine rings is 1. The van der Waals surface area contributed by atoms with Gasteiger partial charge in [-0.2, -0.15) is 0 Å². The van der Waals surface area contributed by atoms with Crippen LogP contribution in [0.5, 0.6) is 0 Å². The van der Waals surface area contributed by atoms with Crippen LogP contribution in [0.2, 0.25) is 0 Å². The number of para-hydroxylation sites is 2. The van der Waals surface area contributed by atoms with Crippen molar-refractivity contribution in [3.8, 4) is 0 Å². The lowest BCUT2D eigenvalue weighted by molar-refractivity contribution is -0.116. The molecule has 1 aromatic heterocycles. The molecule has 2 aromatic carbocycles. The number of amides is 1. The van der Waals surface area contributed by atoms with Crippen molar-refractivity contribution in [3.63, 3.8) is 0 Å². The van der Waals surface area contributed by atoms with Crippen LogP contribution in [0.4, 0.5) is 11.4 Å². The van der Waals surface area contributed by atoms with Crippen LogP contribution < -0.4 is 15.9 Å². The first-order valence-electron chi connectivity index (χ1n) is 11.5. The summed E-state index contributed by atoms with van der Waals surface area (Å²) in [5.41, 5.74) is 4.94. The molecule has 1 aliphatic heterocycles. The highest BCUT2D eigenvalue weighted by atomic mass is 16.2. The summed E-state index contributed by atoms with van der Waals surface area (Å²) in [7, 11) is 2.15. The van der Waals surface area contributed by atoms with Gasteiger partial charge in [-0.3, -0.25) is 13.9 Å². The average molecular weight is 436 g/mol. The zero-order valence-corrected chi connectivity index (χ0v) is 19.3. The van der Waals surface area contributed by atoms with E-state index < -0.39 is 0 Å². The molecule has 0 spiro atoms. The van der Waals surface area contributed by atoms with Gasteiger partial charge >= 0.3 is 5.69 Å². The molecule has 0 unspecified atom stereocenters. The predicted molar refractivity (Wildman–Crippen MR) is 131 cm³/mol. The number of nitrogens with one attached hydrogen (secondary N) is 1. The highest BCUT2D eigenvalue weighted by molar-refractivity contribution is 5.91. The number of carbonyl (C=O) groups is 1. The number of rotatable bonds is 7. The molecule has 0 aliphatic carbocycles. The van der Waals surface area contributed by atoms with Crippen molar-refractivity contribution in [2.24, 2.45) is 0 Å². The van der Waals surface area contributed by atoms with Gasteiger partial charge in [0.15, 0.2) is 0 Å². The highest BCUT2D eigenvalue weighted by Crippen LogP contribution is 2.25. The van der Waals surface area contributed by atoms with E-state index in [0.717, 1.165) is 54.9 Å². The number of hydrogen-bond acceptors (Lipinski definition) is 4. The fourth-order valence-electron chi connectivity index (χ4n) is 4.50. The van der Waals surface area contributed by atoms with Gasteiger partial charge in [0.2, 0.25) is 5.91 Å². The first-order chi connectivity index (χ1) is 15.5. The Kier molecular flexibility index (Phi) is 6.65. The Balaban J connectivity index is 1.42. The molecule has 3 aromatic rings. The number of anilines is 2. The second-order valence-electron chi connectivity index (χ2n) is 8.66. The van der Waals surface area contributed by atoms with Crippen LogP contribution >= 0.6 is 0 Å². The minimum Gasteiger partial charge on any atom is -0.369 e. The molecule has 170 valence electrons. The third-order valence-corrected chi connectivity index (χ3v) is 6.26. The van der Waals surface area contributed by atoms with Gasteiger partial charge in [-0.05, 0) is 56.3 Å². The Labute approximate surface area is 189 Å². The van der Waals surface area contributed by atoms with Gasteiger partial charge in [0, 0.05) is 57.1 Å². The van der Waals surface area contributed by atoms with Gasteiger partial charge < -0.3 is 15.1 Å². The first-order valence-corrected chi connectivity index (χ1v) is 11.5. The number of likely N-dealkylation sites (N-methyl/N-ethyl adjacent to an activating group) is 1. The predicted octanol–water partition coefficient (Wildman–Crippen LogP) is 3.30. The second-order valence-corrected chi connectivity index (χ2v) is 8.66. The van der Waals surface area contributed by atoms with Gasteiger partial charge in [0.05, 0.1) is 11.0 Å². The monoisotopic (exact) mass is 435 g/mol. The van der Waals surface area contributed by atoms with Crippen molar-refractivity contribution in [1.29, 1.82) is 0 Å². The summed E-state index contributed by atoms with van der Waals surface area (Å²) >= 11 is 0. The van der Waals surface area contributed by atoms with E-state index in [4.69, 9.17) is 0 Å². The summed E-state index contributed by atoms with van der Waals surface area (Å²) in [6.07, 6.45) is 1.14. The van der Waals surface area contributed by atoms with Crippen LogP contribution in [-0.2, 0) is 17.9 Å². The van der Waals surface area contributed by atoms with Gasteiger partial charge in [-0.15, -0.1) is 0 Å². The topological polar surface area (TPSA) is 62.5 Å². The Morgan fingerprint density at radius 1 is 0.969 bits per heavy atom. The lowest BCUT2D eigenvalue weighted by Crippen LogP contribution is -2.44. The Bertz CT molecular complexity index is 1150. The number of benzene rings is 2. The maximum atomic E-state index is 12.9. The molecule has 7 heteroatoms. The summed E-state index contributed by atoms with van der Waals surface area (Å²) in [5.74, 6) is -0.0871. The number of hydrogen-bond donors (Lipinski definition) is 1. The Morgan fingerprint density at radius 2 is 1.62 bits per heavy atom. The summed E-state index contributed by atoms with van der Waals surface area (Å²) < 4.78 is 3.51. The summed E-state index contributed by atoms with van der Waals surface area (Å²) in [6.45, 7) is 9.34. The van der Waals surface area contributed by atoms with Crippen LogP contribution in [0.25, 0.3) is 11.0 Å². The lowest BCUT2D eigenvalue weighted by Gasteiger charge is -2.35. The third-order valence-electron chi connectivity index (χ3n) is 6.26. The number of aryl methyl sites for hydroxylation is 3. The largest absolute Gasteiger partial charge is 0.369 e. The third kappa shape index (κ3) is 4.58. The maximum absolute atomic E-state index is 12.9. The molecule has 1 N–H and O–H groups in total. The second kappa shape index (κ2) is 9.61. The molecular formula is C25H33N5O2. The number of imidazole rings is 1.